The van der Waals surface area contributed by atoms with E-state index in [-0.39, 0.29) is 0 Å². The minimum atomic E-state index is 0.606. The Kier molecular flexibility index (Phi) is 7.92. The number of benzene rings is 2. The van der Waals surface area contributed by atoms with Crippen LogP contribution in [0.25, 0.3) is 0 Å². The highest BCUT2D eigenvalue weighted by atomic mass is 127. The predicted molar refractivity (Wildman–Crippen MR) is 117 cm³/mol. The van der Waals surface area contributed by atoms with Crippen LogP contribution < -0.4 is 18.9 Å². The fourth-order valence-electron chi connectivity index (χ4n) is 2.41. The lowest BCUT2D eigenvalue weighted by Crippen LogP contribution is -2.08. The van der Waals surface area contributed by atoms with Crippen LogP contribution in [0.2, 0.25) is 0 Å². The van der Waals surface area contributed by atoms with Gasteiger partial charge >= 0.3 is 0 Å². The first-order valence-electron chi connectivity index (χ1n) is 7.90. The molecular formula is C19H22I2O4. The van der Waals surface area contributed by atoms with Crippen molar-refractivity contribution in [3.63, 3.8) is 0 Å². The second kappa shape index (κ2) is 9.70. The molecule has 0 atom stereocenters. The monoisotopic (exact) mass is 568 g/mol. The Hall–Kier alpha value is -0.900. The summed E-state index contributed by atoms with van der Waals surface area (Å²) >= 11 is 4.54. The molecule has 25 heavy (non-hydrogen) atoms. The normalized spacial score (nSPS) is 10.5. The van der Waals surface area contributed by atoms with Crippen LogP contribution in [0.1, 0.15) is 17.5 Å². The summed E-state index contributed by atoms with van der Waals surface area (Å²) in [6.07, 6.45) is 0.809. The van der Waals surface area contributed by atoms with Crippen LogP contribution in [0.5, 0.6) is 23.0 Å². The summed E-state index contributed by atoms with van der Waals surface area (Å²) in [5, 5.41) is 0. The first-order valence-corrected chi connectivity index (χ1v) is 10.1. The van der Waals surface area contributed by atoms with Gasteiger partial charge in [0.05, 0.1) is 34.6 Å². The van der Waals surface area contributed by atoms with Gasteiger partial charge in [0, 0.05) is 6.42 Å². The van der Waals surface area contributed by atoms with Crippen molar-refractivity contribution in [3.05, 3.63) is 42.5 Å². The number of ether oxygens (including phenoxy) is 4. The molecule has 0 amide bonds. The lowest BCUT2D eigenvalue weighted by Gasteiger charge is -2.15. The largest absolute Gasteiger partial charge is 0.497 e. The Morgan fingerprint density at radius 3 is 1.44 bits per heavy atom. The van der Waals surface area contributed by atoms with Crippen molar-refractivity contribution in [1.29, 1.82) is 0 Å². The lowest BCUT2D eigenvalue weighted by molar-refractivity contribution is 0.243. The summed E-state index contributed by atoms with van der Waals surface area (Å²) in [7, 11) is 3.34. The molecule has 0 radical (unpaired) electrons. The standard InChI is InChI=1S/C19H22I2O4/c1-12-8-14(22-3)10-16(20)18(12)24-6-5-7-25-19-13(2)9-15(23-4)11-17(19)21/h8-11H,5-7H2,1-4H3. The zero-order chi connectivity index (χ0) is 18.4. The van der Waals surface area contributed by atoms with Gasteiger partial charge in [-0.05, 0) is 94.4 Å². The summed E-state index contributed by atoms with van der Waals surface area (Å²) in [6, 6.07) is 7.92. The molecule has 2 rings (SSSR count). The maximum Gasteiger partial charge on any atom is 0.135 e. The quantitative estimate of drug-likeness (QED) is 0.317. The summed E-state index contributed by atoms with van der Waals surface area (Å²) < 4.78 is 24.5. The zero-order valence-electron chi connectivity index (χ0n) is 14.8. The van der Waals surface area contributed by atoms with Crippen molar-refractivity contribution in [3.8, 4) is 23.0 Å². The third-order valence-corrected chi connectivity index (χ3v) is 5.26. The van der Waals surface area contributed by atoms with Crippen LogP contribution in [0.3, 0.4) is 0 Å². The molecule has 0 heterocycles. The fraction of sp³-hybridized carbons (Fsp3) is 0.368. The number of aryl methyl sites for hydroxylation is 2. The van der Waals surface area contributed by atoms with Crippen molar-refractivity contribution in [2.45, 2.75) is 20.3 Å². The fourth-order valence-corrected chi connectivity index (χ4v) is 4.18. The van der Waals surface area contributed by atoms with Crippen LogP contribution >= 0.6 is 45.2 Å². The van der Waals surface area contributed by atoms with Crippen molar-refractivity contribution < 1.29 is 18.9 Å². The van der Waals surface area contributed by atoms with E-state index in [0.29, 0.717) is 13.2 Å². The third kappa shape index (κ3) is 5.54. The molecule has 0 N–H and O–H groups in total. The second-order valence-corrected chi connectivity index (χ2v) is 7.89. The lowest BCUT2D eigenvalue weighted by atomic mass is 10.2. The van der Waals surface area contributed by atoms with E-state index in [2.05, 4.69) is 45.2 Å². The number of hydrogen-bond acceptors (Lipinski definition) is 4. The Labute approximate surface area is 176 Å². The van der Waals surface area contributed by atoms with Crippen molar-refractivity contribution >= 4 is 45.2 Å². The van der Waals surface area contributed by atoms with Gasteiger partial charge in [-0.3, -0.25) is 0 Å². The SMILES string of the molecule is COc1cc(C)c(OCCCOc2c(C)cc(OC)cc2I)c(I)c1. The summed E-state index contributed by atoms with van der Waals surface area (Å²) in [5.41, 5.74) is 2.15. The molecule has 0 aliphatic carbocycles. The van der Waals surface area contributed by atoms with Gasteiger partial charge in [0.25, 0.3) is 0 Å². The van der Waals surface area contributed by atoms with Crippen molar-refractivity contribution in [2.24, 2.45) is 0 Å². The zero-order valence-corrected chi connectivity index (χ0v) is 19.1. The molecule has 4 nitrogen and oxygen atoms in total. The van der Waals surface area contributed by atoms with Gasteiger partial charge in [-0.2, -0.15) is 0 Å². The molecule has 136 valence electrons. The van der Waals surface area contributed by atoms with Gasteiger partial charge in [-0.15, -0.1) is 0 Å². The smallest absolute Gasteiger partial charge is 0.135 e. The van der Waals surface area contributed by atoms with E-state index in [9.17, 15) is 0 Å². The van der Waals surface area contributed by atoms with Crippen molar-refractivity contribution in [2.75, 3.05) is 27.4 Å². The van der Waals surface area contributed by atoms with Gasteiger partial charge in [0.1, 0.15) is 23.0 Å². The molecule has 0 saturated carbocycles. The molecule has 0 spiro atoms. The van der Waals surface area contributed by atoms with Crippen LogP contribution in [0.15, 0.2) is 24.3 Å². The Morgan fingerprint density at radius 1 is 0.720 bits per heavy atom. The molecule has 6 heteroatoms. The van der Waals surface area contributed by atoms with Gasteiger partial charge in [0.15, 0.2) is 0 Å². The van der Waals surface area contributed by atoms with Crippen LogP contribution in [0.4, 0.5) is 0 Å². The predicted octanol–water partition coefficient (Wildman–Crippen LogP) is 5.38. The molecule has 0 aliphatic rings. The topological polar surface area (TPSA) is 36.9 Å². The third-order valence-electron chi connectivity index (χ3n) is 3.66. The van der Waals surface area contributed by atoms with Crippen molar-refractivity contribution in [1.82, 2.24) is 0 Å². The summed E-state index contributed by atoms with van der Waals surface area (Å²) in [5.74, 6) is 3.53. The van der Waals surface area contributed by atoms with E-state index in [1.165, 1.54) is 0 Å². The molecule has 0 unspecified atom stereocenters. The molecule has 0 bridgehead atoms. The highest BCUT2D eigenvalue weighted by molar-refractivity contribution is 14.1. The highest BCUT2D eigenvalue weighted by Gasteiger charge is 2.10. The van der Waals surface area contributed by atoms with E-state index < -0.39 is 0 Å². The molecule has 0 aliphatic heterocycles. The van der Waals surface area contributed by atoms with E-state index >= 15 is 0 Å². The first kappa shape index (κ1) is 20.4. The molecular weight excluding hydrogens is 546 g/mol. The van der Waals surface area contributed by atoms with Gasteiger partial charge < -0.3 is 18.9 Å². The second-order valence-electron chi connectivity index (χ2n) is 5.56. The van der Waals surface area contributed by atoms with Gasteiger partial charge in [-0.25, -0.2) is 0 Å². The maximum atomic E-state index is 5.94. The van der Waals surface area contributed by atoms with E-state index in [1.807, 2.05) is 38.1 Å². The molecule has 0 fully saturated rings. The van der Waals surface area contributed by atoms with Crippen LogP contribution in [-0.2, 0) is 0 Å². The summed E-state index contributed by atoms with van der Waals surface area (Å²) in [6.45, 7) is 5.27. The average molecular weight is 568 g/mol. The minimum Gasteiger partial charge on any atom is -0.497 e. The summed E-state index contributed by atoms with van der Waals surface area (Å²) in [4.78, 5) is 0. The van der Waals surface area contributed by atoms with Gasteiger partial charge in [-0.1, -0.05) is 0 Å². The Balaban J connectivity index is 1.87. The Bertz CT molecular complexity index is 624. The molecule has 2 aromatic carbocycles. The highest BCUT2D eigenvalue weighted by Crippen LogP contribution is 2.31. The number of methoxy groups -OCH3 is 2. The molecule has 2 aromatic rings. The number of halogens is 2. The minimum absolute atomic E-state index is 0.606. The van der Waals surface area contributed by atoms with E-state index in [1.54, 1.807) is 14.2 Å². The van der Waals surface area contributed by atoms with Gasteiger partial charge in [0.2, 0.25) is 0 Å². The van der Waals surface area contributed by atoms with Crippen LogP contribution in [-0.4, -0.2) is 27.4 Å². The number of rotatable bonds is 8. The van der Waals surface area contributed by atoms with E-state index in [0.717, 1.165) is 47.7 Å². The van der Waals surface area contributed by atoms with Crippen LogP contribution in [0, 0.1) is 21.0 Å². The first-order chi connectivity index (χ1) is 12.0. The number of hydrogen-bond donors (Lipinski definition) is 0. The molecule has 0 saturated heterocycles. The molecule has 0 aromatic heterocycles. The Morgan fingerprint density at radius 2 is 1.12 bits per heavy atom. The maximum absolute atomic E-state index is 5.94. The average Bonchev–Trinajstić information content (AvgIpc) is 2.58. The van der Waals surface area contributed by atoms with E-state index in [4.69, 9.17) is 18.9 Å².